The number of nitriles is 1. The Morgan fingerprint density at radius 2 is 2.21 bits per heavy atom. The van der Waals surface area contributed by atoms with Gasteiger partial charge in [0.2, 0.25) is 5.82 Å². The summed E-state index contributed by atoms with van der Waals surface area (Å²) < 4.78 is 42.1. The summed E-state index contributed by atoms with van der Waals surface area (Å²) in [6.07, 6.45) is -2.16. The molecule has 14 heavy (non-hydrogen) atoms. The minimum Gasteiger partial charge on any atom is -0.493 e. The molecule has 1 rings (SSSR count). The number of pyridine rings is 1. The molecular weight excluding hydrogens is 197 g/mol. The lowest BCUT2D eigenvalue weighted by molar-refractivity contribution is 0.145. The van der Waals surface area contributed by atoms with E-state index in [1.54, 1.807) is 0 Å². The number of hydrogen-bond donors (Lipinski definition) is 0. The molecule has 0 aliphatic heterocycles. The van der Waals surface area contributed by atoms with E-state index in [9.17, 15) is 13.2 Å². The molecule has 0 aliphatic rings. The third-order valence-electron chi connectivity index (χ3n) is 1.55. The van der Waals surface area contributed by atoms with E-state index in [1.165, 1.54) is 6.07 Å². The van der Waals surface area contributed by atoms with Gasteiger partial charge in [-0.15, -0.1) is 0 Å². The number of methoxy groups -OCH3 is 1. The van der Waals surface area contributed by atoms with Gasteiger partial charge in [0.25, 0.3) is 6.43 Å². The van der Waals surface area contributed by atoms with Gasteiger partial charge in [-0.2, -0.15) is 9.65 Å². The molecule has 1 heterocycles. The van der Waals surface area contributed by atoms with E-state index < -0.39 is 29.2 Å². The topological polar surface area (TPSA) is 45.9 Å². The first-order chi connectivity index (χ1) is 6.61. The molecule has 1 aromatic rings. The molecule has 6 heteroatoms. The van der Waals surface area contributed by atoms with Gasteiger partial charge in [-0.05, 0) is 0 Å². The van der Waals surface area contributed by atoms with Crippen LogP contribution in [0.1, 0.15) is 17.7 Å². The van der Waals surface area contributed by atoms with Crippen LogP contribution in [0.3, 0.4) is 0 Å². The molecule has 0 saturated heterocycles. The van der Waals surface area contributed by atoms with Gasteiger partial charge >= 0.3 is 0 Å². The average molecular weight is 202 g/mol. The predicted octanol–water partition coefficient (Wildman–Crippen LogP) is 2.04. The second-order valence-corrected chi connectivity index (χ2v) is 2.32. The van der Waals surface area contributed by atoms with Crippen LogP contribution < -0.4 is 4.74 Å². The fourth-order valence-corrected chi connectivity index (χ4v) is 0.925. The zero-order valence-corrected chi connectivity index (χ0v) is 7.09. The molecular formula is C8H5F3N2O. The van der Waals surface area contributed by atoms with E-state index in [0.29, 0.717) is 0 Å². The Morgan fingerprint density at radius 1 is 1.57 bits per heavy atom. The van der Waals surface area contributed by atoms with Crippen molar-refractivity contribution in [2.24, 2.45) is 0 Å². The second-order valence-electron chi connectivity index (χ2n) is 2.32. The molecule has 0 radical (unpaired) electrons. The van der Waals surface area contributed by atoms with Crippen LogP contribution in [-0.4, -0.2) is 12.1 Å². The molecule has 0 aliphatic carbocycles. The van der Waals surface area contributed by atoms with E-state index in [0.717, 1.165) is 13.3 Å². The Hall–Kier alpha value is -1.77. The molecule has 0 spiro atoms. The van der Waals surface area contributed by atoms with Crippen molar-refractivity contribution >= 4 is 0 Å². The first-order valence-corrected chi connectivity index (χ1v) is 3.52. The summed E-state index contributed by atoms with van der Waals surface area (Å²) in [5.41, 5.74) is -1.23. The lowest BCUT2D eigenvalue weighted by atomic mass is 10.2. The van der Waals surface area contributed by atoms with Crippen LogP contribution in [0.5, 0.6) is 5.75 Å². The Labute approximate surface area is 77.7 Å². The van der Waals surface area contributed by atoms with Gasteiger partial charge in [-0.3, -0.25) is 0 Å². The number of alkyl halides is 2. The zero-order chi connectivity index (χ0) is 10.7. The third-order valence-corrected chi connectivity index (χ3v) is 1.55. The van der Waals surface area contributed by atoms with Crippen molar-refractivity contribution in [3.8, 4) is 11.8 Å². The monoisotopic (exact) mass is 202 g/mol. The van der Waals surface area contributed by atoms with Crippen LogP contribution in [0, 0.1) is 17.1 Å². The number of halogens is 3. The highest BCUT2D eigenvalue weighted by molar-refractivity contribution is 5.39. The lowest BCUT2D eigenvalue weighted by Crippen LogP contribution is -2.00. The SMILES string of the molecule is COc1c(C(F)F)cnc(C#N)c1F. The van der Waals surface area contributed by atoms with Crippen LogP contribution in [0.4, 0.5) is 13.2 Å². The van der Waals surface area contributed by atoms with Crippen molar-refractivity contribution in [1.29, 1.82) is 5.26 Å². The van der Waals surface area contributed by atoms with Crippen LogP contribution in [0.2, 0.25) is 0 Å². The van der Waals surface area contributed by atoms with E-state index in [4.69, 9.17) is 5.26 Å². The molecule has 0 fully saturated rings. The van der Waals surface area contributed by atoms with Crippen LogP contribution in [0.15, 0.2) is 6.20 Å². The van der Waals surface area contributed by atoms with E-state index in [-0.39, 0.29) is 0 Å². The molecule has 0 aromatic carbocycles. The predicted molar refractivity (Wildman–Crippen MR) is 40.4 cm³/mol. The summed E-state index contributed by atoms with van der Waals surface area (Å²) >= 11 is 0. The Balaban J connectivity index is 3.38. The number of ether oxygens (including phenoxy) is 1. The van der Waals surface area contributed by atoms with Gasteiger partial charge in [0, 0.05) is 6.20 Å². The van der Waals surface area contributed by atoms with Crippen LogP contribution >= 0.6 is 0 Å². The Bertz CT molecular complexity index is 387. The highest BCUT2D eigenvalue weighted by atomic mass is 19.3. The highest BCUT2D eigenvalue weighted by Crippen LogP contribution is 2.31. The number of aromatic nitrogens is 1. The third kappa shape index (κ3) is 1.62. The van der Waals surface area contributed by atoms with Crippen molar-refractivity contribution in [1.82, 2.24) is 4.98 Å². The first kappa shape index (κ1) is 10.3. The Morgan fingerprint density at radius 3 is 2.64 bits per heavy atom. The summed E-state index contributed by atoms with van der Waals surface area (Å²) in [6, 6.07) is 1.43. The van der Waals surface area contributed by atoms with Gasteiger partial charge in [-0.1, -0.05) is 0 Å². The molecule has 0 unspecified atom stereocenters. The van der Waals surface area contributed by atoms with Crippen molar-refractivity contribution in [2.75, 3.05) is 7.11 Å². The van der Waals surface area contributed by atoms with Gasteiger partial charge in [-0.25, -0.2) is 13.8 Å². The zero-order valence-electron chi connectivity index (χ0n) is 7.09. The standard InChI is InChI=1S/C8H5F3N2O/c1-14-7-4(8(10)11)3-13-5(2-12)6(7)9/h3,8H,1H3. The number of nitrogens with zero attached hydrogens (tertiary/aromatic N) is 2. The fraction of sp³-hybridized carbons (Fsp3) is 0.250. The molecule has 74 valence electrons. The quantitative estimate of drug-likeness (QED) is 0.737. The summed E-state index contributed by atoms with van der Waals surface area (Å²) in [5, 5.41) is 8.37. The molecule has 1 aromatic heterocycles. The molecule has 0 N–H and O–H groups in total. The van der Waals surface area contributed by atoms with E-state index in [2.05, 4.69) is 9.72 Å². The van der Waals surface area contributed by atoms with Crippen molar-refractivity contribution in [3.05, 3.63) is 23.3 Å². The molecule has 0 amide bonds. The van der Waals surface area contributed by atoms with Crippen molar-refractivity contribution in [2.45, 2.75) is 6.43 Å². The largest absolute Gasteiger partial charge is 0.493 e. The minimum atomic E-state index is -2.89. The normalized spacial score (nSPS) is 10.0. The minimum absolute atomic E-state index is 0.564. The molecule has 3 nitrogen and oxygen atoms in total. The maximum atomic E-state index is 13.2. The summed E-state index contributed by atoms with van der Waals surface area (Å²) in [6.45, 7) is 0. The maximum absolute atomic E-state index is 13.2. The number of rotatable bonds is 2. The van der Waals surface area contributed by atoms with Crippen LogP contribution in [-0.2, 0) is 0 Å². The first-order valence-electron chi connectivity index (χ1n) is 3.52. The van der Waals surface area contributed by atoms with Crippen LogP contribution in [0.25, 0.3) is 0 Å². The van der Waals surface area contributed by atoms with Crippen molar-refractivity contribution < 1.29 is 17.9 Å². The lowest BCUT2D eigenvalue weighted by Gasteiger charge is -2.08. The van der Waals surface area contributed by atoms with E-state index in [1.807, 2.05) is 0 Å². The van der Waals surface area contributed by atoms with Gasteiger partial charge in [0.1, 0.15) is 6.07 Å². The van der Waals surface area contributed by atoms with E-state index >= 15 is 0 Å². The molecule has 0 atom stereocenters. The molecule has 0 saturated carbocycles. The average Bonchev–Trinajstić information content (AvgIpc) is 2.17. The second kappa shape index (κ2) is 3.96. The summed E-state index contributed by atoms with van der Waals surface area (Å²) in [4.78, 5) is 3.23. The highest BCUT2D eigenvalue weighted by Gasteiger charge is 2.21. The summed E-state index contributed by atoms with van der Waals surface area (Å²) in [5.74, 6) is -1.79. The van der Waals surface area contributed by atoms with Gasteiger partial charge in [0.05, 0.1) is 12.7 Å². The maximum Gasteiger partial charge on any atom is 0.269 e. The van der Waals surface area contributed by atoms with Gasteiger partial charge in [0.15, 0.2) is 11.4 Å². The van der Waals surface area contributed by atoms with Gasteiger partial charge < -0.3 is 4.74 Å². The van der Waals surface area contributed by atoms with Crippen molar-refractivity contribution in [3.63, 3.8) is 0 Å². The Kier molecular flexibility index (Phi) is 2.92. The smallest absolute Gasteiger partial charge is 0.269 e. The fourth-order valence-electron chi connectivity index (χ4n) is 0.925. The molecule has 0 bridgehead atoms. The number of hydrogen-bond acceptors (Lipinski definition) is 3. The summed E-state index contributed by atoms with van der Waals surface area (Å²) in [7, 11) is 1.05.